The van der Waals surface area contributed by atoms with Gasteiger partial charge in [0.1, 0.15) is 6.23 Å². The largest absolute Gasteiger partial charge is 0.469 e. The van der Waals surface area contributed by atoms with Gasteiger partial charge >= 0.3 is 7.82 Å². The van der Waals surface area contributed by atoms with Gasteiger partial charge in [-0.15, -0.1) is 0 Å². The molecule has 0 fully saturated rings. The van der Waals surface area contributed by atoms with Gasteiger partial charge in [0.25, 0.3) is 5.97 Å². The van der Waals surface area contributed by atoms with E-state index < -0.39 is 26.4 Å². The van der Waals surface area contributed by atoms with Gasteiger partial charge in [-0.3, -0.25) is 9.84 Å². The van der Waals surface area contributed by atoms with Crippen LogP contribution in [0.15, 0.2) is 0 Å². The Morgan fingerprint density at radius 3 is 1.50 bits per heavy atom. The fourth-order valence-electron chi connectivity index (χ4n) is 3.42. The maximum Gasteiger partial charge on any atom is 0.469 e. The molecule has 0 aromatic carbocycles. The van der Waals surface area contributed by atoms with Crippen molar-refractivity contribution < 1.29 is 39.3 Å². The molecule has 0 heterocycles. The molecule has 0 radical (unpaired) electrons. The van der Waals surface area contributed by atoms with Crippen LogP contribution in [0.3, 0.4) is 0 Å². The van der Waals surface area contributed by atoms with E-state index in [0.717, 1.165) is 19.3 Å². The van der Waals surface area contributed by atoms with Crippen molar-refractivity contribution in [2.24, 2.45) is 5.73 Å². The van der Waals surface area contributed by atoms with E-state index in [4.69, 9.17) is 35.9 Å². The second-order valence-electron chi connectivity index (χ2n) is 8.86. The van der Waals surface area contributed by atoms with Crippen LogP contribution in [0.25, 0.3) is 0 Å². The third-order valence-electron chi connectivity index (χ3n) is 5.25. The smallest absolute Gasteiger partial charge is 0.378 e. The van der Waals surface area contributed by atoms with Gasteiger partial charge in [0.2, 0.25) is 0 Å². The van der Waals surface area contributed by atoms with Crippen LogP contribution in [0.5, 0.6) is 0 Å². The molecule has 0 aromatic rings. The van der Waals surface area contributed by atoms with Crippen molar-refractivity contribution in [2.75, 3.05) is 19.7 Å². The minimum atomic E-state index is -4.26. The van der Waals surface area contributed by atoms with Gasteiger partial charge < -0.3 is 35.9 Å². The summed E-state index contributed by atoms with van der Waals surface area (Å²) in [6.45, 7) is 3.10. The molecule has 0 saturated heterocycles. The van der Waals surface area contributed by atoms with E-state index in [2.05, 4.69) is 16.8 Å². The lowest BCUT2D eigenvalue weighted by molar-refractivity contribution is -0.323. The Morgan fingerprint density at radius 1 is 0.794 bits per heavy atom. The lowest BCUT2D eigenvalue weighted by Gasteiger charge is -2.18. The van der Waals surface area contributed by atoms with Crippen LogP contribution in [-0.2, 0) is 9.09 Å². The molecular weight excluding hydrogens is 463 g/mol. The summed E-state index contributed by atoms with van der Waals surface area (Å²) >= 11 is 0. The molecule has 11 heteroatoms. The molecule has 1 unspecified atom stereocenters. The fraction of sp³-hybridized carbons (Fsp3) is 1.00. The lowest BCUT2D eigenvalue weighted by Crippen LogP contribution is -2.41. The van der Waals surface area contributed by atoms with Crippen LogP contribution in [0.4, 0.5) is 0 Å². The first-order valence-corrected chi connectivity index (χ1v) is 14.5. The number of aliphatic hydroxyl groups excluding tert-OH is 1. The number of nitrogens with two attached hydrogens (primary N) is 1. The zero-order chi connectivity index (χ0) is 26.1. The van der Waals surface area contributed by atoms with Gasteiger partial charge in [0, 0.05) is 13.1 Å². The molecule has 0 bridgehead atoms. The maximum atomic E-state index is 10.5. The second-order valence-corrected chi connectivity index (χ2v) is 10.1. The molecule has 0 amide bonds. The third kappa shape index (κ3) is 36.4. The summed E-state index contributed by atoms with van der Waals surface area (Å²) in [5.41, 5.74) is 5.08. The van der Waals surface area contributed by atoms with Crippen molar-refractivity contribution in [3.05, 3.63) is 0 Å². The average Bonchev–Trinajstić information content (AvgIpc) is 2.73. The molecule has 9 N–H and O–H groups in total. The standard InChI is InChI=1S/C18H39O4P.C5H14N2O4/c1-2-3-4-5-6-7-8-9-10-11-12-13-14-15-16-17-18-22-23(19,20)21;6-1-2-7-4(8)3-5(9,10)11/h2-18H2,1H3,(H2,19,20,21);4,7-11H,1-3,6H2. The van der Waals surface area contributed by atoms with Crippen molar-refractivity contribution in [3.63, 3.8) is 0 Å². The predicted octanol–water partition coefficient (Wildman–Crippen LogP) is 3.23. The summed E-state index contributed by atoms with van der Waals surface area (Å²) in [6.07, 6.45) is 18.9. The molecule has 0 spiro atoms. The SMILES string of the molecule is CCCCCCCCCCCCCCCCCCOP(=O)(O)O.NCCNC(O)CC(O)(O)O. The zero-order valence-corrected chi connectivity index (χ0v) is 22.1. The number of rotatable bonds is 23. The zero-order valence-electron chi connectivity index (χ0n) is 21.2. The normalized spacial score (nSPS) is 12.9. The molecule has 10 nitrogen and oxygen atoms in total. The van der Waals surface area contributed by atoms with Gasteiger partial charge in [-0.2, -0.15) is 0 Å². The molecule has 0 aliphatic carbocycles. The molecule has 0 saturated carbocycles. The number of phosphoric ester groups is 1. The van der Waals surface area contributed by atoms with Crippen molar-refractivity contribution in [3.8, 4) is 0 Å². The van der Waals surface area contributed by atoms with Gasteiger partial charge in [-0.1, -0.05) is 103 Å². The lowest BCUT2D eigenvalue weighted by atomic mass is 10.0. The van der Waals surface area contributed by atoms with Gasteiger partial charge in [0.15, 0.2) is 0 Å². The van der Waals surface area contributed by atoms with Crippen LogP contribution >= 0.6 is 7.82 Å². The summed E-state index contributed by atoms with van der Waals surface area (Å²) in [4.78, 5) is 17.1. The fourth-order valence-corrected chi connectivity index (χ4v) is 3.78. The Hall–Kier alpha value is -0.130. The first-order valence-electron chi connectivity index (χ1n) is 13.0. The number of aliphatic hydroxyl groups is 4. The molecule has 0 aliphatic heterocycles. The van der Waals surface area contributed by atoms with E-state index >= 15 is 0 Å². The van der Waals surface area contributed by atoms with Crippen LogP contribution < -0.4 is 11.1 Å². The van der Waals surface area contributed by atoms with E-state index in [-0.39, 0.29) is 6.61 Å². The van der Waals surface area contributed by atoms with Crippen molar-refractivity contribution in [2.45, 2.75) is 128 Å². The third-order valence-corrected chi connectivity index (χ3v) is 5.77. The van der Waals surface area contributed by atoms with E-state index in [9.17, 15) is 4.57 Å². The van der Waals surface area contributed by atoms with E-state index in [1.54, 1.807) is 0 Å². The topological polar surface area (TPSA) is 186 Å². The van der Waals surface area contributed by atoms with Crippen LogP contribution in [0, 0.1) is 0 Å². The minimum absolute atomic E-state index is 0.169. The van der Waals surface area contributed by atoms with Crippen LogP contribution in [-0.4, -0.2) is 62.1 Å². The monoisotopic (exact) mass is 516 g/mol. The first-order chi connectivity index (χ1) is 16.0. The number of hydrogen-bond acceptors (Lipinski definition) is 8. The summed E-state index contributed by atoms with van der Waals surface area (Å²) in [7, 11) is -4.26. The molecular formula is C23H53N2O8P. The summed E-state index contributed by atoms with van der Waals surface area (Å²) in [5, 5.41) is 36.4. The van der Waals surface area contributed by atoms with Gasteiger partial charge in [0.05, 0.1) is 13.0 Å². The Morgan fingerprint density at radius 2 is 1.18 bits per heavy atom. The Labute approximate surface area is 206 Å². The highest BCUT2D eigenvalue weighted by atomic mass is 31.2. The minimum Gasteiger partial charge on any atom is -0.378 e. The van der Waals surface area contributed by atoms with Crippen molar-refractivity contribution >= 4 is 7.82 Å². The highest BCUT2D eigenvalue weighted by molar-refractivity contribution is 7.46. The first kappa shape index (κ1) is 36.0. The van der Waals surface area contributed by atoms with E-state index in [1.165, 1.54) is 83.5 Å². The summed E-state index contributed by atoms with van der Waals surface area (Å²) in [6, 6.07) is 0. The number of nitrogens with one attached hydrogen (secondary N) is 1. The van der Waals surface area contributed by atoms with Gasteiger partial charge in [-0.25, -0.2) is 4.57 Å². The Kier molecular flexibility index (Phi) is 26.0. The molecule has 34 heavy (non-hydrogen) atoms. The van der Waals surface area contributed by atoms with E-state index in [1.807, 2.05) is 0 Å². The average molecular weight is 517 g/mol. The molecule has 1 atom stereocenters. The highest BCUT2D eigenvalue weighted by Gasteiger charge is 2.22. The quantitative estimate of drug-likeness (QED) is 0.0569. The molecule has 208 valence electrons. The predicted molar refractivity (Wildman–Crippen MR) is 135 cm³/mol. The highest BCUT2D eigenvalue weighted by Crippen LogP contribution is 2.35. The van der Waals surface area contributed by atoms with Crippen molar-refractivity contribution in [1.82, 2.24) is 5.32 Å². The van der Waals surface area contributed by atoms with Crippen LogP contribution in [0.2, 0.25) is 0 Å². The van der Waals surface area contributed by atoms with Crippen LogP contribution in [0.1, 0.15) is 116 Å². The molecule has 0 aliphatic rings. The maximum absolute atomic E-state index is 10.5. The number of hydrogen-bond donors (Lipinski definition) is 8. The number of phosphoric acid groups is 1. The summed E-state index contributed by atoms with van der Waals surface area (Å²) < 4.78 is 14.9. The van der Waals surface area contributed by atoms with E-state index in [0.29, 0.717) is 13.1 Å². The Bertz CT molecular complexity index is 461. The number of unbranched alkanes of at least 4 members (excludes halogenated alkanes) is 15. The molecule has 0 rings (SSSR count). The molecule has 0 aromatic heterocycles. The Balaban J connectivity index is 0. The summed E-state index contributed by atoms with van der Waals surface area (Å²) in [5.74, 6) is -2.83. The van der Waals surface area contributed by atoms with Crippen molar-refractivity contribution in [1.29, 1.82) is 0 Å². The second kappa shape index (κ2) is 24.6. The van der Waals surface area contributed by atoms with Gasteiger partial charge in [-0.05, 0) is 6.42 Å².